The van der Waals surface area contributed by atoms with Crippen LogP contribution >= 0.6 is 12.2 Å². The Morgan fingerprint density at radius 2 is 1.80 bits per heavy atom. The largest absolute Gasteiger partial charge is 0.416 e. The third-order valence-corrected chi connectivity index (χ3v) is 2.83. The van der Waals surface area contributed by atoms with Crippen molar-refractivity contribution < 1.29 is 23.4 Å². The lowest BCUT2D eigenvalue weighted by atomic mass is 10.2. The minimum atomic E-state index is -4.42. The van der Waals surface area contributed by atoms with E-state index in [9.17, 15) is 13.2 Å². The second-order valence-electron chi connectivity index (χ2n) is 3.94. The summed E-state index contributed by atoms with van der Waals surface area (Å²) < 4.78 is 37.7. The summed E-state index contributed by atoms with van der Waals surface area (Å²) in [6.07, 6.45) is -4.42. The Balaban J connectivity index is 2.79. The Morgan fingerprint density at radius 3 is 2.30 bits per heavy atom. The van der Waals surface area contributed by atoms with E-state index in [1.807, 2.05) is 0 Å². The maximum absolute atomic E-state index is 12.6. The van der Waals surface area contributed by atoms with Gasteiger partial charge in [0.15, 0.2) is 5.11 Å². The maximum Gasteiger partial charge on any atom is 0.416 e. The molecule has 1 aromatic carbocycles. The van der Waals surface area contributed by atoms with Gasteiger partial charge in [-0.15, -0.1) is 0 Å². The van der Waals surface area contributed by atoms with E-state index in [1.54, 1.807) is 0 Å². The summed E-state index contributed by atoms with van der Waals surface area (Å²) in [5.74, 6) is 0. The molecule has 0 atom stereocenters. The third kappa shape index (κ3) is 4.95. The second kappa shape index (κ2) is 7.41. The zero-order valence-electron chi connectivity index (χ0n) is 10.5. The molecule has 0 aromatic heterocycles. The molecule has 1 aromatic rings. The standard InChI is InChI=1S/C12H15F3N2O2S/c13-12(14,15)9-2-1-3-10(8-9)16-11(20)17(4-6-18)5-7-19/h1-3,8,18-19H,4-7H2,(H,16,20). The fourth-order valence-corrected chi connectivity index (χ4v) is 1.83. The molecule has 0 amide bonds. The molecule has 0 fully saturated rings. The van der Waals surface area contributed by atoms with Gasteiger partial charge in [-0.2, -0.15) is 13.2 Å². The number of halogens is 3. The Morgan fingerprint density at radius 1 is 1.20 bits per heavy atom. The van der Waals surface area contributed by atoms with Gasteiger partial charge >= 0.3 is 6.18 Å². The number of anilines is 1. The summed E-state index contributed by atoms with van der Waals surface area (Å²) in [4.78, 5) is 1.47. The summed E-state index contributed by atoms with van der Waals surface area (Å²) in [6, 6.07) is 4.64. The van der Waals surface area contributed by atoms with E-state index in [1.165, 1.54) is 17.0 Å². The van der Waals surface area contributed by atoms with Crippen molar-refractivity contribution in [1.82, 2.24) is 4.90 Å². The summed E-state index contributed by atoms with van der Waals surface area (Å²) in [5, 5.41) is 20.5. The first-order valence-corrected chi connectivity index (χ1v) is 6.24. The lowest BCUT2D eigenvalue weighted by Crippen LogP contribution is -2.38. The Hall–Kier alpha value is -1.38. The van der Waals surface area contributed by atoms with Crippen molar-refractivity contribution in [3.8, 4) is 0 Å². The highest BCUT2D eigenvalue weighted by Gasteiger charge is 2.30. The topological polar surface area (TPSA) is 55.7 Å². The average molecular weight is 308 g/mol. The number of hydrogen-bond donors (Lipinski definition) is 3. The maximum atomic E-state index is 12.6. The molecular weight excluding hydrogens is 293 g/mol. The van der Waals surface area contributed by atoms with Crippen molar-refractivity contribution in [2.24, 2.45) is 0 Å². The fourth-order valence-electron chi connectivity index (χ4n) is 1.53. The van der Waals surface area contributed by atoms with Crippen LogP contribution < -0.4 is 5.32 Å². The Bertz CT molecular complexity index is 449. The van der Waals surface area contributed by atoms with Gasteiger partial charge in [0.2, 0.25) is 0 Å². The first kappa shape index (κ1) is 16.7. The molecule has 0 saturated carbocycles. The predicted molar refractivity (Wildman–Crippen MR) is 73.4 cm³/mol. The first-order chi connectivity index (χ1) is 9.38. The van der Waals surface area contributed by atoms with Crippen molar-refractivity contribution in [3.63, 3.8) is 0 Å². The van der Waals surface area contributed by atoms with E-state index < -0.39 is 11.7 Å². The van der Waals surface area contributed by atoms with E-state index >= 15 is 0 Å². The Kier molecular flexibility index (Phi) is 6.18. The molecule has 0 unspecified atom stereocenters. The summed E-state index contributed by atoms with van der Waals surface area (Å²) >= 11 is 5.04. The van der Waals surface area contributed by atoms with Crippen LogP contribution in [-0.2, 0) is 6.18 Å². The van der Waals surface area contributed by atoms with Crippen molar-refractivity contribution in [1.29, 1.82) is 0 Å². The van der Waals surface area contributed by atoms with Crippen LogP contribution in [0.2, 0.25) is 0 Å². The van der Waals surface area contributed by atoms with E-state index in [2.05, 4.69) is 5.32 Å². The average Bonchev–Trinajstić information content (AvgIpc) is 2.38. The molecule has 0 heterocycles. The van der Waals surface area contributed by atoms with Crippen molar-refractivity contribution in [2.75, 3.05) is 31.6 Å². The van der Waals surface area contributed by atoms with E-state index in [0.717, 1.165) is 12.1 Å². The number of aliphatic hydroxyl groups is 2. The van der Waals surface area contributed by atoms with E-state index in [0.29, 0.717) is 0 Å². The molecule has 0 aliphatic heterocycles. The summed E-state index contributed by atoms with van der Waals surface area (Å²) in [6.45, 7) is 0.0194. The number of benzene rings is 1. The number of thiocarbonyl (C=S) groups is 1. The Labute approximate surface area is 119 Å². The zero-order chi connectivity index (χ0) is 15.2. The van der Waals surface area contributed by atoms with Gasteiger partial charge in [0.25, 0.3) is 0 Å². The lowest BCUT2D eigenvalue weighted by Gasteiger charge is -2.24. The monoisotopic (exact) mass is 308 g/mol. The molecule has 0 saturated heterocycles. The quantitative estimate of drug-likeness (QED) is 0.723. The number of hydrogen-bond acceptors (Lipinski definition) is 3. The van der Waals surface area contributed by atoms with E-state index in [-0.39, 0.29) is 37.1 Å². The zero-order valence-corrected chi connectivity index (χ0v) is 11.3. The van der Waals surface area contributed by atoms with Crippen LogP contribution in [0, 0.1) is 0 Å². The number of nitrogens with zero attached hydrogens (tertiary/aromatic N) is 1. The van der Waals surface area contributed by atoms with Crippen LogP contribution in [0.25, 0.3) is 0 Å². The minimum absolute atomic E-state index is 0.146. The third-order valence-electron chi connectivity index (χ3n) is 2.47. The van der Waals surface area contributed by atoms with Crippen LogP contribution in [0.15, 0.2) is 24.3 Å². The van der Waals surface area contributed by atoms with Gasteiger partial charge in [-0.3, -0.25) is 0 Å². The number of alkyl halides is 3. The molecular formula is C12H15F3N2O2S. The highest BCUT2D eigenvalue weighted by atomic mass is 32.1. The highest BCUT2D eigenvalue weighted by molar-refractivity contribution is 7.80. The van der Waals surface area contributed by atoms with Crippen molar-refractivity contribution in [3.05, 3.63) is 29.8 Å². The van der Waals surface area contributed by atoms with Crippen molar-refractivity contribution in [2.45, 2.75) is 6.18 Å². The van der Waals surface area contributed by atoms with Crippen LogP contribution in [0.4, 0.5) is 18.9 Å². The summed E-state index contributed by atoms with van der Waals surface area (Å²) in [5.41, 5.74) is -0.577. The molecule has 20 heavy (non-hydrogen) atoms. The molecule has 4 nitrogen and oxygen atoms in total. The second-order valence-corrected chi connectivity index (χ2v) is 4.33. The number of nitrogens with one attached hydrogen (secondary N) is 1. The molecule has 1 rings (SSSR count). The SMILES string of the molecule is OCCN(CCO)C(=S)Nc1cccc(C(F)(F)F)c1. The molecule has 112 valence electrons. The number of rotatable bonds is 5. The van der Waals surface area contributed by atoms with Crippen LogP contribution in [0.5, 0.6) is 0 Å². The van der Waals surface area contributed by atoms with Gasteiger partial charge in [-0.1, -0.05) is 6.07 Å². The van der Waals surface area contributed by atoms with Gasteiger partial charge in [-0.25, -0.2) is 0 Å². The normalized spacial score (nSPS) is 11.2. The molecule has 3 N–H and O–H groups in total. The predicted octanol–water partition coefficient (Wildman–Crippen LogP) is 1.69. The molecule has 0 aliphatic rings. The van der Waals surface area contributed by atoms with E-state index in [4.69, 9.17) is 22.4 Å². The van der Waals surface area contributed by atoms with Crippen LogP contribution in [0.1, 0.15) is 5.56 Å². The first-order valence-electron chi connectivity index (χ1n) is 5.83. The molecule has 0 spiro atoms. The van der Waals surface area contributed by atoms with Gasteiger partial charge in [0, 0.05) is 18.8 Å². The molecule has 0 aliphatic carbocycles. The van der Waals surface area contributed by atoms with Gasteiger partial charge in [-0.05, 0) is 30.4 Å². The fraction of sp³-hybridized carbons (Fsp3) is 0.417. The molecule has 0 bridgehead atoms. The smallest absolute Gasteiger partial charge is 0.395 e. The van der Waals surface area contributed by atoms with Crippen LogP contribution in [0.3, 0.4) is 0 Å². The van der Waals surface area contributed by atoms with Gasteiger partial charge < -0.3 is 20.4 Å². The molecule has 0 radical (unpaired) electrons. The van der Waals surface area contributed by atoms with Crippen LogP contribution in [-0.4, -0.2) is 46.5 Å². The van der Waals surface area contributed by atoms with Gasteiger partial charge in [0.1, 0.15) is 0 Å². The minimum Gasteiger partial charge on any atom is -0.395 e. The lowest BCUT2D eigenvalue weighted by molar-refractivity contribution is -0.137. The summed E-state index contributed by atoms with van der Waals surface area (Å²) in [7, 11) is 0. The number of aliphatic hydroxyl groups excluding tert-OH is 2. The van der Waals surface area contributed by atoms with Gasteiger partial charge in [0.05, 0.1) is 18.8 Å². The molecule has 8 heteroatoms. The highest BCUT2D eigenvalue weighted by Crippen LogP contribution is 2.30. The van der Waals surface area contributed by atoms with Crippen molar-refractivity contribution >= 4 is 23.0 Å².